The molecule has 118 valence electrons. The Bertz CT molecular complexity index is 1030. The van der Waals surface area contributed by atoms with Gasteiger partial charge in [0, 0.05) is 16.1 Å². The molecular formula is C19H13NO3S. The molecule has 4 rings (SSSR count). The largest absolute Gasteiger partial charge is 0.422 e. The van der Waals surface area contributed by atoms with E-state index in [1.165, 1.54) is 0 Å². The number of thiophene rings is 1. The third-order valence-corrected chi connectivity index (χ3v) is 4.72. The van der Waals surface area contributed by atoms with Crippen LogP contribution in [-0.4, -0.2) is 11.0 Å². The summed E-state index contributed by atoms with van der Waals surface area (Å²) >= 11 is 1.56. The molecule has 0 bridgehead atoms. The first-order chi connectivity index (χ1) is 11.6. The van der Waals surface area contributed by atoms with Gasteiger partial charge in [-0.3, -0.25) is 4.79 Å². The van der Waals surface area contributed by atoms with Gasteiger partial charge in [-0.15, -0.1) is 11.3 Å². The number of nitrogens with one attached hydrogen (secondary N) is 1. The number of hydrogen-bond donors (Lipinski definition) is 1. The van der Waals surface area contributed by atoms with Gasteiger partial charge in [-0.2, -0.15) is 0 Å². The molecule has 5 heteroatoms. The van der Waals surface area contributed by atoms with Crippen LogP contribution in [0.2, 0.25) is 0 Å². The van der Waals surface area contributed by atoms with Crippen LogP contribution in [0.3, 0.4) is 0 Å². The van der Waals surface area contributed by atoms with E-state index in [2.05, 4.69) is 10.4 Å². The quantitative estimate of drug-likeness (QED) is 0.718. The van der Waals surface area contributed by atoms with Crippen molar-refractivity contribution in [1.29, 1.82) is 0 Å². The van der Waals surface area contributed by atoms with Gasteiger partial charge >= 0.3 is 5.97 Å². The van der Waals surface area contributed by atoms with Crippen LogP contribution in [-0.2, 0) is 4.74 Å². The predicted octanol–water partition coefficient (Wildman–Crippen LogP) is 4.08. The highest BCUT2D eigenvalue weighted by Gasteiger charge is 2.30. The molecule has 0 aliphatic carbocycles. The Kier molecular flexibility index (Phi) is 3.43. The van der Waals surface area contributed by atoms with E-state index in [0.29, 0.717) is 17.0 Å². The van der Waals surface area contributed by atoms with Crippen molar-refractivity contribution >= 4 is 29.1 Å². The number of pyridine rings is 1. The predicted molar refractivity (Wildman–Crippen MR) is 94.8 cm³/mol. The molecule has 24 heavy (non-hydrogen) atoms. The molecule has 1 N–H and O–H groups in total. The van der Waals surface area contributed by atoms with Gasteiger partial charge in [0.25, 0.3) is 5.56 Å². The van der Waals surface area contributed by atoms with E-state index in [1.807, 2.05) is 36.4 Å². The average molecular weight is 335 g/mol. The zero-order valence-corrected chi connectivity index (χ0v) is 13.6. The van der Waals surface area contributed by atoms with Gasteiger partial charge in [0.15, 0.2) is 0 Å². The molecule has 0 unspecified atom stereocenters. The van der Waals surface area contributed by atoms with Crippen LogP contribution in [0.1, 0.15) is 26.5 Å². The lowest BCUT2D eigenvalue weighted by Crippen LogP contribution is -2.16. The molecule has 2 aromatic heterocycles. The molecule has 0 atom stereocenters. The molecule has 0 radical (unpaired) electrons. The first-order valence-corrected chi connectivity index (χ1v) is 8.32. The van der Waals surface area contributed by atoms with Gasteiger partial charge in [0.05, 0.1) is 0 Å². The highest BCUT2D eigenvalue weighted by molar-refractivity contribution is 7.11. The summed E-state index contributed by atoms with van der Waals surface area (Å²) < 4.78 is 5.30. The monoisotopic (exact) mass is 335 g/mol. The van der Waals surface area contributed by atoms with Crippen molar-refractivity contribution in [2.24, 2.45) is 0 Å². The van der Waals surface area contributed by atoms with Crippen molar-refractivity contribution < 1.29 is 9.53 Å². The number of rotatable bonds is 2. The molecule has 1 aromatic carbocycles. The second-order valence-electron chi connectivity index (χ2n) is 5.57. The topological polar surface area (TPSA) is 59.2 Å². The van der Waals surface area contributed by atoms with E-state index in [-0.39, 0.29) is 5.56 Å². The van der Waals surface area contributed by atoms with Gasteiger partial charge in [0.1, 0.15) is 11.3 Å². The Morgan fingerprint density at radius 3 is 2.67 bits per heavy atom. The van der Waals surface area contributed by atoms with Crippen molar-refractivity contribution in [3.8, 4) is 11.1 Å². The lowest BCUT2D eigenvalue weighted by atomic mass is 10.1. The van der Waals surface area contributed by atoms with Crippen LogP contribution in [0.15, 0.2) is 52.6 Å². The van der Waals surface area contributed by atoms with Crippen molar-refractivity contribution in [1.82, 2.24) is 4.98 Å². The number of esters is 1. The summed E-state index contributed by atoms with van der Waals surface area (Å²) in [6.45, 7) is 1.78. The third-order valence-electron chi connectivity index (χ3n) is 3.84. The summed E-state index contributed by atoms with van der Waals surface area (Å²) in [5, 5.41) is 2.06. The Hall–Kier alpha value is -2.92. The smallest absolute Gasteiger partial charge is 0.349 e. The minimum atomic E-state index is -0.600. The number of aryl methyl sites for hydroxylation is 1. The minimum absolute atomic E-state index is 0.0756. The van der Waals surface area contributed by atoms with Gasteiger partial charge in [-0.1, -0.05) is 30.3 Å². The molecule has 1 aliphatic heterocycles. The van der Waals surface area contributed by atoms with Gasteiger partial charge < -0.3 is 9.72 Å². The zero-order chi connectivity index (χ0) is 16.7. The summed E-state index contributed by atoms with van der Waals surface area (Å²) in [7, 11) is 0. The van der Waals surface area contributed by atoms with Crippen molar-refractivity contribution in [3.05, 3.63) is 79.9 Å². The van der Waals surface area contributed by atoms with Crippen LogP contribution in [0, 0.1) is 6.92 Å². The number of carbonyl (C=O) groups is 1. The fraction of sp³-hybridized carbons (Fsp3) is 0.0526. The molecule has 1 aliphatic rings. The molecule has 0 saturated carbocycles. The second-order valence-corrected chi connectivity index (χ2v) is 6.51. The zero-order valence-electron chi connectivity index (χ0n) is 12.8. The normalized spacial score (nSPS) is 14.7. The van der Waals surface area contributed by atoms with E-state index in [9.17, 15) is 9.59 Å². The fourth-order valence-electron chi connectivity index (χ4n) is 2.74. The summed E-state index contributed by atoms with van der Waals surface area (Å²) in [6, 6.07) is 13.9. The molecule has 0 spiro atoms. The number of ether oxygens (including phenoxy) is 1. The number of cyclic esters (lactones) is 1. The molecule has 0 amide bonds. The Labute approximate surface area is 142 Å². The van der Waals surface area contributed by atoms with Crippen LogP contribution < -0.4 is 5.56 Å². The number of fused-ring (bicyclic) bond motifs is 1. The van der Waals surface area contributed by atoms with E-state index in [1.54, 1.807) is 30.4 Å². The Balaban J connectivity index is 1.76. The van der Waals surface area contributed by atoms with Gasteiger partial charge in [-0.05, 0) is 41.6 Å². The summed E-state index contributed by atoms with van der Waals surface area (Å²) in [4.78, 5) is 27.5. The molecule has 4 nitrogen and oxygen atoms in total. The number of hydrogen-bond acceptors (Lipinski definition) is 4. The maximum Gasteiger partial charge on any atom is 0.349 e. The number of aromatic amines is 1. The van der Waals surface area contributed by atoms with Gasteiger partial charge in [0.2, 0.25) is 0 Å². The number of carbonyl (C=O) groups excluding carboxylic acids is 1. The van der Waals surface area contributed by atoms with E-state index in [0.717, 1.165) is 16.0 Å². The standard InChI is InChI=1S/C19H13NO3S/c1-11-7-15-16(23-19(22)17(15)18(21)20-11)9-14-8-13(10-24-14)12-5-3-2-4-6-12/h2-10H,1H3,(H,20,21)/b16-9-. The van der Waals surface area contributed by atoms with E-state index in [4.69, 9.17) is 4.74 Å². The van der Waals surface area contributed by atoms with E-state index < -0.39 is 11.5 Å². The van der Waals surface area contributed by atoms with E-state index >= 15 is 0 Å². The summed E-state index contributed by atoms with van der Waals surface area (Å²) in [5.41, 5.74) is 3.16. The SMILES string of the molecule is Cc1cc2c(c(=O)[nH]1)C(=O)O/C2=C\c1cc(-c2ccccc2)cs1. The van der Waals surface area contributed by atoms with Crippen LogP contribution >= 0.6 is 11.3 Å². The number of H-pyrrole nitrogens is 1. The maximum atomic E-state index is 11.9. The van der Waals surface area contributed by atoms with Crippen molar-refractivity contribution in [3.63, 3.8) is 0 Å². The Morgan fingerprint density at radius 2 is 1.88 bits per heavy atom. The number of aromatic nitrogens is 1. The molecule has 3 aromatic rings. The molecule has 3 heterocycles. The molecule has 0 saturated heterocycles. The van der Waals surface area contributed by atoms with Crippen molar-refractivity contribution in [2.75, 3.05) is 0 Å². The second kappa shape index (κ2) is 5.62. The average Bonchev–Trinajstić information content (AvgIpc) is 3.14. The highest BCUT2D eigenvalue weighted by atomic mass is 32.1. The third kappa shape index (κ3) is 2.49. The van der Waals surface area contributed by atoms with Gasteiger partial charge in [-0.25, -0.2) is 4.79 Å². The van der Waals surface area contributed by atoms with Crippen molar-refractivity contribution in [2.45, 2.75) is 6.92 Å². The summed E-state index contributed by atoms with van der Waals surface area (Å²) in [5.74, 6) is -0.178. The summed E-state index contributed by atoms with van der Waals surface area (Å²) in [6.07, 6.45) is 1.81. The van der Waals surface area contributed by atoms with Crippen LogP contribution in [0.25, 0.3) is 23.0 Å². The van der Waals surface area contributed by atoms with Crippen LogP contribution in [0.4, 0.5) is 0 Å². The Morgan fingerprint density at radius 1 is 1.08 bits per heavy atom. The van der Waals surface area contributed by atoms with Crippen LogP contribution in [0.5, 0.6) is 0 Å². The molecular weight excluding hydrogens is 322 g/mol. The first-order valence-electron chi connectivity index (χ1n) is 7.44. The lowest BCUT2D eigenvalue weighted by molar-refractivity contribution is 0.0715. The lowest BCUT2D eigenvalue weighted by Gasteiger charge is -1.99. The maximum absolute atomic E-state index is 11.9. The minimum Gasteiger partial charge on any atom is -0.422 e. The highest BCUT2D eigenvalue weighted by Crippen LogP contribution is 2.32. The fourth-order valence-corrected chi connectivity index (χ4v) is 3.58. The molecule has 0 fully saturated rings. The first kappa shape index (κ1) is 14.7. The number of benzene rings is 1.